The van der Waals surface area contributed by atoms with Crippen LogP contribution in [-0.4, -0.2) is 17.3 Å². The molecule has 0 amide bonds. The van der Waals surface area contributed by atoms with Crippen LogP contribution in [0.1, 0.15) is 0 Å². The second-order valence-corrected chi connectivity index (χ2v) is 5.12. The molecule has 0 fully saturated rings. The Balaban J connectivity index is 1.97. The number of halogens is 2. The van der Waals surface area contributed by atoms with E-state index in [4.69, 9.17) is 4.74 Å². The van der Waals surface area contributed by atoms with Gasteiger partial charge >= 0.3 is 0 Å². The molecule has 0 aliphatic heterocycles. The average molecular weight is 336 g/mol. The highest BCUT2D eigenvalue weighted by Gasteiger charge is 2.07. The van der Waals surface area contributed by atoms with E-state index in [-0.39, 0.29) is 11.6 Å². The van der Waals surface area contributed by atoms with Crippen molar-refractivity contribution in [2.45, 2.75) is 0 Å². The molecule has 3 aromatic rings. The first-order valence-electron chi connectivity index (χ1n) is 5.90. The SMILES string of the molecule is COc1cc(Nc2cc3cn[nH]c3cc2Br)ccc1F. The van der Waals surface area contributed by atoms with Gasteiger partial charge < -0.3 is 10.1 Å². The number of nitrogens with zero attached hydrogens (tertiary/aromatic N) is 1. The summed E-state index contributed by atoms with van der Waals surface area (Å²) >= 11 is 3.49. The van der Waals surface area contributed by atoms with Crippen molar-refractivity contribution in [2.75, 3.05) is 12.4 Å². The number of hydrogen-bond acceptors (Lipinski definition) is 3. The molecule has 0 unspecified atom stereocenters. The summed E-state index contributed by atoms with van der Waals surface area (Å²) in [4.78, 5) is 0. The monoisotopic (exact) mass is 335 g/mol. The molecule has 0 aliphatic carbocycles. The molecule has 4 nitrogen and oxygen atoms in total. The number of nitrogens with one attached hydrogen (secondary N) is 2. The highest BCUT2D eigenvalue weighted by atomic mass is 79.9. The Morgan fingerprint density at radius 3 is 2.95 bits per heavy atom. The van der Waals surface area contributed by atoms with Gasteiger partial charge in [0.15, 0.2) is 11.6 Å². The van der Waals surface area contributed by atoms with Crippen LogP contribution in [0.5, 0.6) is 5.75 Å². The number of aromatic amines is 1. The first kappa shape index (κ1) is 12.9. The predicted molar refractivity (Wildman–Crippen MR) is 80.0 cm³/mol. The Hall–Kier alpha value is -2.08. The maximum Gasteiger partial charge on any atom is 0.165 e. The normalized spacial score (nSPS) is 10.8. The fourth-order valence-corrected chi connectivity index (χ4v) is 2.40. The van der Waals surface area contributed by atoms with Crippen molar-refractivity contribution in [1.82, 2.24) is 10.2 Å². The number of H-pyrrole nitrogens is 1. The summed E-state index contributed by atoms with van der Waals surface area (Å²) in [7, 11) is 1.44. The van der Waals surface area contributed by atoms with Crippen LogP contribution in [0, 0.1) is 5.82 Å². The van der Waals surface area contributed by atoms with Gasteiger partial charge in [-0.1, -0.05) is 0 Å². The zero-order valence-corrected chi connectivity index (χ0v) is 12.2. The third-order valence-corrected chi connectivity index (χ3v) is 3.61. The quantitative estimate of drug-likeness (QED) is 0.753. The number of aromatic nitrogens is 2. The van der Waals surface area contributed by atoms with Crippen LogP contribution in [0.3, 0.4) is 0 Å². The average Bonchev–Trinajstić information content (AvgIpc) is 2.88. The first-order valence-corrected chi connectivity index (χ1v) is 6.70. The Labute approximate surface area is 123 Å². The third kappa shape index (κ3) is 2.34. The van der Waals surface area contributed by atoms with Crippen molar-refractivity contribution in [1.29, 1.82) is 0 Å². The summed E-state index contributed by atoms with van der Waals surface area (Å²) in [5, 5.41) is 11.1. The Morgan fingerprint density at radius 1 is 1.30 bits per heavy atom. The molecule has 3 rings (SSSR count). The highest BCUT2D eigenvalue weighted by molar-refractivity contribution is 9.10. The number of rotatable bonds is 3. The number of hydrogen-bond donors (Lipinski definition) is 2. The van der Waals surface area contributed by atoms with Crippen LogP contribution in [0.4, 0.5) is 15.8 Å². The second kappa shape index (κ2) is 5.13. The van der Waals surface area contributed by atoms with Crippen molar-refractivity contribution in [3.63, 3.8) is 0 Å². The Bertz CT molecular complexity index is 772. The largest absolute Gasteiger partial charge is 0.494 e. The second-order valence-electron chi connectivity index (χ2n) is 4.26. The molecule has 6 heteroatoms. The molecule has 2 aromatic carbocycles. The van der Waals surface area contributed by atoms with Crippen LogP contribution in [0.15, 0.2) is 41.0 Å². The Kier molecular flexibility index (Phi) is 3.31. The number of fused-ring (bicyclic) bond motifs is 1. The summed E-state index contributed by atoms with van der Waals surface area (Å²) in [6.07, 6.45) is 1.75. The molecule has 0 saturated carbocycles. The van der Waals surface area contributed by atoms with Gasteiger partial charge in [-0.3, -0.25) is 5.10 Å². The van der Waals surface area contributed by atoms with Crippen LogP contribution in [-0.2, 0) is 0 Å². The van der Waals surface area contributed by atoms with E-state index in [1.54, 1.807) is 18.3 Å². The van der Waals surface area contributed by atoms with E-state index >= 15 is 0 Å². The zero-order chi connectivity index (χ0) is 14.1. The maximum absolute atomic E-state index is 13.4. The molecule has 102 valence electrons. The van der Waals surface area contributed by atoms with Gasteiger partial charge in [-0.2, -0.15) is 5.10 Å². The number of methoxy groups -OCH3 is 1. The van der Waals surface area contributed by atoms with Crippen LogP contribution < -0.4 is 10.1 Å². The van der Waals surface area contributed by atoms with Crippen LogP contribution >= 0.6 is 15.9 Å². The molecule has 0 radical (unpaired) electrons. The molecule has 1 aromatic heterocycles. The summed E-state index contributed by atoms with van der Waals surface area (Å²) in [6.45, 7) is 0. The van der Waals surface area contributed by atoms with Crippen LogP contribution in [0.25, 0.3) is 10.9 Å². The molecule has 2 N–H and O–H groups in total. The molecule has 0 saturated heterocycles. The highest BCUT2D eigenvalue weighted by Crippen LogP contribution is 2.31. The molecule has 0 aliphatic rings. The van der Waals surface area contributed by atoms with Gasteiger partial charge in [-0.25, -0.2) is 4.39 Å². The van der Waals surface area contributed by atoms with Gasteiger partial charge in [0.1, 0.15) is 0 Å². The lowest BCUT2D eigenvalue weighted by molar-refractivity contribution is 0.387. The maximum atomic E-state index is 13.4. The third-order valence-electron chi connectivity index (χ3n) is 2.96. The zero-order valence-electron chi connectivity index (χ0n) is 10.6. The van der Waals surface area contributed by atoms with E-state index < -0.39 is 0 Å². The standard InChI is InChI=1S/C14H11BrFN3O/c1-20-14-5-9(2-3-11(14)16)18-13-4-8-7-17-19-12(8)6-10(13)15/h2-7,18H,1H3,(H,17,19). The fraction of sp³-hybridized carbons (Fsp3) is 0.0714. The smallest absolute Gasteiger partial charge is 0.165 e. The van der Waals surface area contributed by atoms with Crippen molar-refractivity contribution < 1.29 is 9.13 Å². The van der Waals surface area contributed by atoms with Gasteiger partial charge in [-0.15, -0.1) is 0 Å². The molecule has 0 atom stereocenters. The van der Waals surface area contributed by atoms with Crippen LogP contribution in [0.2, 0.25) is 0 Å². The molecule has 0 spiro atoms. The number of ether oxygens (including phenoxy) is 1. The summed E-state index contributed by atoms with van der Waals surface area (Å²) in [5.41, 5.74) is 2.55. The van der Waals surface area contributed by atoms with Gasteiger partial charge in [0.2, 0.25) is 0 Å². The molecule has 1 heterocycles. The van der Waals surface area contributed by atoms with E-state index in [0.717, 1.165) is 26.8 Å². The van der Waals surface area contributed by atoms with Crippen molar-refractivity contribution in [3.05, 3.63) is 46.8 Å². The van der Waals surface area contributed by atoms with E-state index in [0.29, 0.717) is 0 Å². The number of benzene rings is 2. The summed E-state index contributed by atoms with van der Waals surface area (Å²) in [6, 6.07) is 8.53. The van der Waals surface area contributed by atoms with Gasteiger partial charge in [0, 0.05) is 21.6 Å². The van der Waals surface area contributed by atoms with Gasteiger partial charge in [-0.05, 0) is 40.2 Å². The molecular weight excluding hydrogens is 325 g/mol. The van der Waals surface area contributed by atoms with E-state index in [2.05, 4.69) is 31.4 Å². The molecule has 20 heavy (non-hydrogen) atoms. The lowest BCUT2D eigenvalue weighted by Gasteiger charge is -2.10. The minimum absolute atomic E-state index is 0.204. The minimum atomic E-state index is -0.387. The van der Waals surface area contributed by atoms with E-state index in [1.165, 1.54) is 13.2 Å². The summed E-state index contributed by atoms with van der Waals surface area (Å²) < 4.78 is 19.2. The number of anilines is 2. The predicted octanol–water partition coefficient (Wildman–Crippen LogP) is 4.22. The van der Waals surface area contributed by atoms with Crippen molar-refractivity contribution >= 4 is 38.2 Å². The minimum Gasteiger partial charge on any atom is -0.494 e. The topological polar surface area (TPSA) is 49.9 Å². The molecular formula is C14H11BrFN3O. The lowest BCUT2D eigenvalue weighted by Crippen LogP contribution is -1.94. The first-order chi connectivity index (χ1) is 9.67. The summed E-state index contributed by atoms with van der Waals surface area (Å²) in [5.74, 6) is -0.182. The Morgan fingerprint density at radius 2 is 2.15 bits per heavy atom. The van der Waals surface area contributed by atoms with E-state index in [9.17, 15) is 4.39 Å². The van der Waals surface area contributed by atoms with Gasteiger partial charge in [0.05, 0.1) is 24.5 Å². The molecule has 0 bridgehead atoms. The van der Waals surface area contributed by atoms with Crippen molar-refractivity contribution in [3.8, 4) is 5.75 Å². The fourth-order valence-electron chi connectivity index (χ4n) is 1.95. The lowest BCUT2D eigenvalue weighted by atomic mass is 10.2. The van der Waals surface area contributed by atoms with Gasteiger partial charge in [0.25, 0.3) is 0 Å². The van der Waals surface area contributed by atoms with E-state index in [1.807, 2.05) is 12.1 Å². The van der Waals surface area contributed by atoms with Crippen molar-refractivity contribution in [2.24, 2.45) is 0 Å².